The topological polar surface area (TPSA) is 69.7 Å². The van der Waals surface area contributed by atoms with Gasteiger partial charge in [-0.3, -0.25) is 19.3 Å². The first-order valence-electron chi connectivity index (χ1n) is 9.77. The lowest BCUT2D eigenvalue weighted by Crippen LogP contribution is -2.48. The normalized spacial score (nSPS) is 16.3. The molecule has 3 amide bonds. The number of amides is 3. The van der Waals surface area contributed by atoms with Crippen molar-refractivity contribution in [1.82, 2.24) is 10.2 Å². The number of fused-ring (bicyclic) bond motifs is 2. The molecule has 0 bridgehead atoms. The van der Waals surface area contributed by atoms with Crippen molar-refractivity contribution in [3.05, 3.63) is 71.8 Å². The summed E-state index contributed by atoms with van der Waals surface area (Å²) in [6.07, 6.45) is 1.84. The summed E-state index contributed by atoms with van der Waals surface area (Å²) in [5, 5.41) is 2.69. The highest BCUT2D eigenvalue weighted by atomic mass is 16.2. The van der Waals surface area contributed by atoms with Crippen LogP contribution in [-0.4, -0.2) is 41.8 Å². The second kappa shape index (κ2) is 7.54. The second-order valence-electron chi connectivity index (χ2n) is 7.34. The molecule has 2 aromatic carbocycles. The van der Waals surface area contributed by atoms with Crippen LogP contribution < -0.4 is 10.2 Å². The molecule has 1 N–H and O–H groups in total. The van der Waals surface area contributed by atoms with Crippen LogP contribution in [0.1, 0.15) is 34.8 Å². The lowest BCUT2D eigenvalue weighted by Gasteiger charge is -2.30. The maximum absolute atomic E-state index is 12.7. The predicted molar refractivity (Wildman–Crippen MR) is 111 cm³/mol. The van der Waals surface area contributed by atoms with E-state index in [1.54, 1.807) is 24.0 Å². The molecule has 6 heteroatoms. The van der Waals surface area contributed by atoms with Crippen LogP contribution in [0.15, 0.2) is 55.1 Å². The minimum Gasteiger partial charge on any atom is -0.345 e. The summed E-state index contributed by atoms with van der Waals surface area (Å²) < 4.78 is 0. The first-order valence-corrected chi connectivity index (χ1v) is 9.77. The van der Waals surface area contributed by atoms with Gasteiger partial charge in [-0.2, -0.15) is 0 Å². The molecule has 2 aromatic rings. The fraction of sp³-hybridized carbons (Fsp3) is 0.261. The average molecular weight is 389 g/mol. The van der Waals surface area contributed by atoms with Crippen molar-refractivity contribution in [1.29, 1.82) is 0 Å². The Morgan fingerprint density at radius 3 is 2.55 bits per heavy atom. The number of benzene rings is 2. The Bertz CT molecular complexity index is 979. The van der Waals surface area contributed by atoms with E-state index in [2.05, 4.69) is 11.9 Å². The number of rotatable bonds is 4. The number of nitrogens with one attached hydrogen (secondary N) is 1. The molecule has 0 spiro atoms. The molecular formula is C23H23N3O3. The average Bonchev–Trinajstić information content (AvgIpc) is 3.01. The molecule has 0 saturated carbocycles. The number of hydrogen-bond donors (Lipinski definition) is 1. The van der Waals surface area contributed by atoms with Crippen molar-refractivity contribution < 1.29 is 14.4 Å². The Hall–Kier alpha value is -3.41. The van der Waals surface area contributed by atoms with Gasteiger partial charge in [-0.1, -0.05) is 43.0 Å². The lowest BCUT2D eigenvalue weighted by molar-refractivity contribution is -0.127. The third-order valence-electron chi connectivity index (χ3n) is 5.57. The Morgan fingerprint density at radius 1 is 1.10 bits per heavy atom. The van der Waals surface area contributed by atoms with Crippen LogP contribution in [0.5, 0.6) is 0 Å². The maximum atomic E-state index is 12.7. The summed E-state index contributed by atoms with van der Waals surface area (Å²) in [7, 11) is 0. The number of aryl methyl sites for hydroxylation is 1. The van der Waals surface area contributed by atoms with Crippen LogP contribution >= 0.6 is 0 Å². The van der Waals surface area contributed by atoms with E-state index in [0.717, 1.165) is 29.7 Å². The molecular weight excluding hydrogens is 366 g/mol. The van der Waals surface area contributed by atoms with Gasteiger partial charge in [-0.05, 0) is 37.5 Å². The van der Waals surface area contributed by atoms with Gasteiger partial charge in [-0.25, -0.2) is 0 Å². The van der Waals surface area contributed by atoms with E-state index < -0.39 is 6.04 Å². The van der Waals surface area contributed by atoms with E-state index in [1.165, 1.54) is 4.90 Å². The van der Waals surface area contributed by atoms with Crippen LogP contribution in [-0.2, 0) is 16.0 Å². The smallest absolute Gasteiger partial charge is 0.259 e. The fourth-order valence-corrected chi connectivity index (χ4v) is 4.03. The van der Waals surface area contributed by atoms with E-state index in [0.29, 0.717) is 17.8 Å². The first-order chi connectivity index (χ1) is 14.0. The lowest BCUT2D eigenvalue weighted by atomic mass is 10.0. The van der Waals surface area contributed by atoms with Gasteiger partial charge in [0.25, 0.3) is 5.91 Å². The maximum Gasteiger partial charge on any atom is 0.259 e. The van der Waals surface area contributed by atoms with E-state index >= 15 is 0 Å². The minimum absolute atomic E-state index is 0.112. The van der Waals surface area contributed by atoms with E-state index in [4.69, 9.17) is 0 Å². The second-order valence-corrected chi connectivity index (χ2v) is 7.34. The zero-order valence-electron chi connectivity index (χ0n) is 16.4. The molecule has 1 atom stereocenters. The van der Waals surface area contributed by atoms with Crippen LogP contribution in [0.4, 0.5) is 5.69 Å². The SMILES string of the molecule is C=C1c2ccccc2C(=O)N1C(C)C(=O)NCC(=O)N1CCCc2ccccc21. The van der Waals surface area contributed by atoms with E-state index in [1.807, 2.05) is 36.4 Å². The summed E-state index contributed by atoms with van der Waals surface area (Å²) in [5.74, 6) is -0.789. The zero-order valence-corrected chi connectivity index (χ0v) is 16.4. The molecule has 0 aliphatic carbocycles. The standard InChI is InChI=1S/C23H23N3O3/c1-15-18-10-4-5-11-19(18)23(29)26(15)16(2)22(28)24-14-21(27)25-13-7-9-17-8-3-6-12-20(17)25/h3-6,8,10-12,16H,1,7,9,13-14H2,2H3,(H,24,28). The van der Waals surface area contributed by atoms with Gasteiger partial charge in [0.05, 0.1) is 6.54 Å². The van der Waals surface area contributed by atoms with Gasteiger partial charge in [0.15, 0.2) is 0 Å². The highest BCUT2D eigenvalue weighted by Crippen LogP contribution is 2.33. The summed E-state index contributed by atoms with van der Waals surface area (Å²) >= 11 is 0. The molecule has 148 valence electrons. The molecule has 0 saturated heterocycles. The van der Waals surface area contributed by atoms with Crippen LogP contribution in [0, 0.1) is 0 Å². The van der Waals surface area contributed by atoms with Crippen molar-refractivity contribution in [3.8, 4) is 0 Å². The quantitative estimate of drug-likeness (QED) is 0.874. The number of para-hydroxylation sites is 1. The van der Waals surface area contributed by atoms with Gasteiger partial charge in [0, 0.05) is 29.1 Å². The van der Waals surface area contributed by atoms with E-state index in [-0.39, 0.29) is 24.3 Å². The molecule has 1 unspecified atom stereocenters. The van der Waals surface area contributed by atoms with Crippen LogP contribution in [0.25, 0.3) is 5.70 Å². The monoisotopic (exact) mass is 389 g/mol. The molecule has 4 rings (SSSR count). The van der Waals surface area contributed by atoms with Crippen LogP contribution in [0.2, 0.25) is 0 Å². The largest absolute Gasteiger partial charge is 0.345 e. The summed E-state index contributed by atoms with van der Waals surface area (Å²) in [5.41, 5.74) is 3.83. The summed E-state index contributed by atoms with van der Waals surface area (Å²) in [6.45, 7) is 6.14. The highest BCUT2D eigenvalue weighted by Gasteiger charge is 2.36. The fourth-order valence-electron chi connectivity index (χ4n) is 4.03. The van der Waals surface area contributed by atoms with Gasteiger partial charge in [0.1, 0.15) is 6.04 Å². The summed E-state index contributed by atoms with van der Waals surface area (Å²) in [4.78, 5) is 41.2. The molecule has 2 heterocycles. The molecule has 6 nitrogen and oxygen atoms in total. The minimum atomic E-state index is -0.760. The Morgan fingerprint density at radius 2 is 1.79 bits per heavy atom. The highest BCUT2D eigenvalue weighted by molar-refractivity contribution is 6.11. The molecule has 0 fully saturated rings. The van der Waals surface area contributed by atoms with Crippen molar-refractivity contribution in [3.63, 3.8) is 0 Å². The Labute approximate surface area is 169 Å². The Kier molecular flexibility index (Phi) is 4.92. The third kappa shape index (κ3) is 3.31. The summed E-state index contributed by atoms with van der Waals surface area (Å²) in [6, 6.07) is 14.2. The number of hydrogen-bond acceptors (Lipinski definition) is 3. The predicted octanol–water partition coefficient (Wildman–Crippen LogP) is 2.60. The molecule has 2 aliphatic rings. The van der Waals surface area contributed by atoms with Crippen molar-refractivity contribution in [2.75, 3.05) is 18.0 Å². The van der Waals surface area contributed by atoms with E-state index in [9.17, 15) is 14.4 Å². The van der Waals surface area contributed by atoms with Crippen molar-refractivity contribution in [2.24, 2.45) is 0 Å². The molecule has 2 aliphatic heterocycles. The molecule has 0 radical (unpaired) electrons. The van der Waals surface area contributed by atoms with Crippen molar-refractivity contribution in [2.45, 2.75) is 25.8 Å². The first kappa shape index (κ1) is 18.9. The molecule has 0 aromatic heterocycles. The van der Waals surface area contributed by atoms with Crippen molar-refractivity contribution >= 4 is 29.1 Å². The van der Waals surface area contributed by atoms with Gasteiger partial charge in [-0.15, -0.1) is 0 Å². The third-order valence-corrected chi connectivity index (χ3v) is 5.57. The Balaban J connectivity index is 1.41. The van der Waals surface area contributed by atoms with Gasteiger partial charge >= 0.3 is 0 Å². The number of anilines is 1. The van der Waals surface area contributed by atoms with Gasteiger partial charge < -0.3 is 10.2 Å². The number of carbonyl (C=O) groups is 3. The zero-order chi connectivity index (χ0) is 20.5. The number of carbonyl (C=O) groups excluding carboxylic acids is 3. The van der Waals surface area contributed by atoms with Crippen LogP contribution in [0.3, 0.4) is 0 Å². The number of nitrogens with zero attached hydrogens (tertiary/aromatic N) is 2. The molecule has 29 heavy (non-hydrogen) atoms. The van der Waals surface area contributed by atoms with Gasteiger partial charge in [0.2, 0.25) is 11.8 Å².